The Kier molecular flexibility index (Phi) is 2.91. The van der Waals surface area contributed by atoms with Crippen LogP contribution in [0.4, 0.5) is 0 Å². The second-order valence-corrected chi connectivity index (χ2v) is 6.31. The lowest BCUT2D eigenvalue weighted by molar-refractivity contribution is -0.00288. The molecule has 0 radical (unpaired) electrons. The van der Waals surface area contributed by atoms with Gasteiger partial charge in [-0.2, -0.15) is 0 Å². The molecule has 0 saturated heterocycles. The monoisotopic (exact) mass is 194 g/mol. The van der Waals surface area contributed by atoms with Crippen molar-refractivity contribution in [2.24, 2.45) is 23.2 Å². The van der Waals surface area contributed by atoms with Crippen molar-refractivity contribution in [1.82, 2.24) is 0 Å². The van der Waals surface area contributed by atoms with E-state index >= 15 is 0 Å². The largest absolute Gasteiger partial charge is 0.0625 e. The first kappa shape index (κ1) is 10.5. The van der Waals surface area contributed by atoms with Crippen molar-refractivity contribution in [3.63, 3.8) is 0 Å². The first-order valence-electron chi connectivity index (χ1n) is 6.63. The van der Waals surface area contributed by atoms with E-state index < -0.39 is 0 Å². The highest BCUT2D eigenvalue weighted by atomic mass is 14.5. The van der Waals surface area contributed by atoms with Crippen molar-refractivity contribution in [2.75, 3.05) is 0 Å². The summed E-state index contributed by atoms with van der Waals surface area (Å²) in [6.45, 7) is 7.45. The number of fused-ring (bicyclic) bond motifs is 1. The number of hydrogen-bond donors (Lipinski definition) is 0. The van der Waals surface area contributed by atoms with Crippen LogP contribution in [0.3, 0.4) is 0 Å². The minimum atomic E-state index is 0.728. The molecular formula is C14H26. The van der Waals surface area contributed by atoms with Gasteiger partial charge in [-0.05, 0) is 48.9 Å². The highest BCUT2D eigenvalue weighted by Gasteiger charge is 2.43. The lowest BCUT2D eigenvalue weighted by Gasteiger charge is -2.50. The molecule has 0 aromatic rings. The average molecular weight is 194 g/mol. The molecular weight excluding hydrogens is 168 g/mol. The van der Waals surface area contributed by atoms with Gasteiger partial charge in [-0.15, -0.1) is 0 Å². The quantitative estimate of drug-likeness (QED) is 0.570. The van der Waals surface area contributed by atoms with Crippen LogP contribution >= 0.6 is 0 Å². The third-order valence-electron chi connectivity index (χ3n) is 5.07. The van der Waals surface area contributed by atoms with Crippen molar-refractivity contribution in [1.29, 1.82) is 0 Å². The molecule has 2 rings (SSSR count). The van der Waals surface area contributed by atoms with Gasteiger partial charge in [0.2, 0.25) is 0 Å². The molecule has 0 bridgehead atoms. The molecule has 0 amide bonds. The van der Waals surface area contributed by atoms with Gasteiger partial charge in [0.25, 0.3) is 0 Å². The molecule has 14 heavy (non-hydrogen) atoms. The SMILES string of the molecule is CC(C)C1CCCC2(C)CCCCC12. The molecule has 82 valence electrons. The van der Waals surface area contributed by atoms with Crippen molar-refractivity contribution in [3.05, 3.63) is 0 Å². The summed E-state index contributed by atoms with van der Waals surface area (Å²) >= 11 is 0. The maximum absolute atomic E-state index is 2.57. The van der Waals surface area contributed by atoms with Crippen molar-refractivity contribution < 1.29 is 0 Å². The van der Waals surface area contributed by atoms with Crippen LogP contribution in [0.15, 0.2) is 0 Å². The van der Waals surface area contributed by atoms with E-state index in [1.54, 1.807) is 0 Å². The Bertz CT molecular complexity index is 190. The predicted molar refractivity (Wildman–Crippen MR) is 62.2 cm³/mol. The zero-order chi connectivity index (χ0) is 10.2. The molecule has 2 aliphatic rings. The molecule has 3 atom stereocenters. The molecule has 0 aromatic heterocycles. The molecule has 0 heterocycles. The number of rotatable bonds is 1. The van der Waals surface area contributed by atoms with Gasteiger partial charge in [-0.25, -0.2) is 0 Å². The van der Waals surface area contributed by atoms with Crippen LogP contribution in [0, 0.1) is 23.2 Å². The highest BCUT2D eigenvalue weighted by Crippen LogP contribution is 2.54. The second-order valence-electron chi connectivity index (χ2n) is 6.31. The summed E-state index contributed by atoms with van der Waals surface area (Å²) in [7, 11) is 0. The Morgan fingerprint density at radius 1 is 1.00 bits per heavy atom. The van der Waals surface area contributed by atoms with Crippen LogP contribution in [-0.2, 0) is 0 Å². The van der Waals surface area contributed by atoms with Gasteiger partial charge < -0.3 is 0 Å². The minimum Gasteiger partial charge on any atom is -0.0625 e. The first-order chi connectivity index (χ1) is 6.63. The van der Waals surface area contributed by atoms with E-state index in [1.807, 2.05) is 0 Å². The zero-order valence-corrected chi connectivity index (χ0v) is 10.2. The van der Waals surface area contributed by atoms with E-state index in [0.29, 0.717) is 0 Å². The molecule has 0 aromatic carbocycles. The highest BCUT2D eigenvalue weighted by molar-refractivity contribution is 4.94. The molecule has 0 spiro atoms. The Hall–Kier alpha value is 0. The third kappa shape index (κ3) is 1.73. The normalized spacial score (nSPS) is 43.7. The summed E-state index contributed by atoms with van der Waals surface area (Å²) < 4.78 is 0. The molecule has 0 aliphatic heterocycles. The van der Waals surface area contributed by atoms with Crippen molar-refractivity contribution >= 4 is 0 Å². The van der Waals surface area contributed by atoms with Gasteiger partial charge in [0.05, 0.1) is 0 Å². The van der Waals surface area contributed by atoms with Crippen LogP contribution in [0.1, 0.15) is 65.7 Å². The zero-order valence-electron chi connectivity index (χ0n) is 10.2. The Morgan fingerprint density at radius 2 is 1.71 bits per heavy atom. The van der Waals surface area contributed by atoms with E-state index in [9.17, 15) is 0 Å². The Morgan fingerprint density at radius 3 is 2.43 bits per heavy atom. The molecule has 2 aliphatic carbocycles. The van der Waals surface area contributed by atoms with E-state index in [-0.39, 0.29) is 0 Å². The molecule has 2 saturated carbocycles. The Labute approximate surface area is 89.5 Å². The average Bonchev–Trinajstić information content (AvgIpc) is 2.15. The van der Waals surface area contributed by atoms with Crippen LogP contribution in [-0.4, -0.2) is 0 Å². The fraction of sp³-hybridized carbons (Fsp3) is 1.00. The minimum absolute atomic E-state index is 0.728. The molecule has 0 N–H and O–H groups in total. The first-order valence-corrected chi connectivity index (χ1v) is 6.63. The van der Waals surface area contributed by atoms with Gasteiger partial charge in [0.1, 0.15) is 0 Å². The molecule has 3 unspecified atom stereocenters. The standard InChI is InChI=1S/C14H26/c1-11(2)12-7-6-10-14(3)9-5-4-8-13(12)14/h11-13H,4-10H2,1-3H3. The number of hydrogen-bond acceptors (Lipinski definition) is 0. The Balaban J connectivity index is 2.14. The smallest absolute Gasteiger partial charge is 0.0295 e. The van der Waals surface area contributed by atoms with Gasteiger partial charge in [-0.1, -0.05) is 40.0 Å². The maximum atomic E-state index is 2.57. The molecule has 0 nitrogen and oxygen atoms in total. The lowest BCUT2D eigenvalue weighted by Crippen LogP contribution is -2.41. The summed E-state index contributed by atoms with van der Waals surface area (Å²) in [6, 6.07) is 0. The van der Waals surface area contributed by atoms with Crippen molar-refractivity contribution in [2.45, 2.75) is 65.7 Å². The van der Waals surface area contributed by atoms with Crippen LogP contribution in [0.5, 0.6) is 0 Å². The molecule has 2 fully saturated rings. The summed E-state index contributed by atoms with van der Waals surface area (Å²) in [5.74, 6) is 3.01. The summed E-state index contributed by atoms with van der Waals surface area (Å²) in [4.78, 5) is 0. The maximum Gasteiger partial charge on any atom is -0.0295 e. The van der Waals surface area contributed by atoms with Gasteiger partial charge in [0, 0.05) is 0 Å². The van der Waals surface area contributed by atoms with E-state index in [0.717, 1.165) is 23.2 Å². The van der Waals surface area contributed by atoms with E-state index in [4.69, 9.17) is 0 Å². The third-order valence-corrected chi connectivity index (χ3v) is 5.07. The predicted octanol–water partition coefficient (Wildman–Crippen LogP) is 4.64. The molecule has 0 heteroatoms. The van der Waals surface area contributed by atoms with E-state index in [1.165, 1.54) is 44.9 Å². The fourth-order valence-corrected chi connectivity index (χ4v) is 4.21. The topological polar surface area (TPSA) is 0 Å². The second kappa shape index (κ2) is 3.87. The summed E-state index contributed by atoms with van der Waals surface area (Å²) in [5, 5.41) is 0. The van der Waals surface area contributed by atoms with Gasteiger partial charge in [-0.3, -0.25) is 0 Å². The van der Waals surface area contributed by atoms with Crippen molar-refractivity contribution in [3.8, 4) is 0 Å². The fourth-order valence-electron chi connectivity index (χ4n) is 4.21. The van der Waals surface area contributed by atoms with Crippen LogP contribution in [0.25, 0.3) is 0 Å². The van der Waals surface area contributed by atoms with Gasteiger partial charge >= 0.3 is 0 Å². The summed E-state index contributed by atoms with van der Waals surface area (Å²) in [5.41, 5.74) is 0.728. The lowest BCUT2D eigenvalue weighted by atomic mass is 9.55. The summed E-state index contributed by atoms with van der Waals surface area (Å²) in [6.07, 6.45) is 10.6. The van der Waals surface area contributed by atoms with E-state index in [2.05, 4.69) is 20.8 Å². The van der Waals surface area contributed by atoms with Crippen LogP contribution < -0.4 is 0 Å². The van der Waals surface area contributed by atoms with Gasteiger partial charge in [0.15, 0.2) is 0 Å². The van der Waals surface area contributed by atoms with Crippen LogP contribution in [0.2, 0.25) is 0 Å².